The fourth-order valence-corrected chi connectivity index (χ4v) is 2.09. The molecule has 0 saturated carbocycles. The number of amides is 1. The highest BCUT2D eigenvalue weighted by Gasteiger charge is 2.05. The number of ether oxygens (including phenoxy) is 1. The third-order valence-electron chi connectivity index (χ3n) is 3.28. The van der Waals surface area contributed by atoms with Crippen LogP contribution >= 0.6 is 24.8 Å². The highest BCUT2D eigenvalue weighted by molar-refractivity contribution is 5.85. The summed E-state index contributed by atoms with van der Waals surface area (Å²) in [5.41, 5.74) is 2.29. The number of hydrogen-bond acceptors (Lipinski definition) is 4. The first-order chi connectivity index (χ1) is 10.8. The lowest BCUT2D eigenvalue weighted by Gasteiger charge is -2.11. The number of hydrogen-bond donors (Lipinski definition) is 2. The molecule has 1 amide bonds. The number of nitrogens with one attached hydrogen (secondary N) is 2. The largest absolute Gasteiger partial charge is 0.383 e. The summed E-state index contributed by atoms with van der Waals surface area (Å²) in [4.78, 5) is 15.8. The Labute approximate surface area is 154 Å². The standard InChI is InChI=1S/C16H22N4O2.2ClH/c1-22-9-7-17-11-16(21)19-10-14-4-2-3-5-15(14)12-20-8-6-18-13-20;;/h2-6,8,13,17H,7,9-12H2,1H3,(H,19,21);2*1H. The van der Waals surface area contributed by atoms with E-state index in [4.69, 9.17) is 4.74 Å². The van der Waals surface area contributed by atoms with E-state index in [1.807, 2.05) is 29.0 Å². The second-order valence-corrected chi connectivity index (χ2v) is 4.95. The number of methoxy groups -OCH3 is 1. The third kappa shape index (κ3) is 7.79. The summed E-state index contributed by atoms with van der Waals surface area (Å²) in [5.74, 6) is -0.0199. The number of benzene rings is 1. The molecule has 0 fully saturated rings. The van der Waals surface area contributed by atoms with Gasteiger partial charge in [0.2, 0.25) is 5.91 Å². The van der Waals surface area contributed by atoms with E-state index in [2.05, 4.69) is 21.7 Å². The van der Waals surface area contributed by atoms with Gasteiger partial charge in [-0.3, -0.25) is 4.79 Å². The predicted octanol–water partition coefficient (Wildman–Crippen LogP) is 1.63. The lowest BCUT2D eigenvalue weighted by molar-refractivity contribution is -0.120. The average molecular weight is 375 g/mol. The number of carbonyl (C=O) groups is 1. The van der Waals surface area contributed by atoms with Crippen LogP contribution < -0.4 is 10.6 Å². The van der Waals surface area contributed by atoms with Gasteiger partial charge in [0.1, 0.15) is 0 Å². The van der Waals surface area contributed by atoms with Crippen molar-refractivity contribution in [3.63, 3.8) is 0 Å². The van der Waals surface area contributed by atoms with E-state index < -0.39 is 0 Å². The Balaban J connectivity index is 0.00000264. The van der Waals surface area contributed by atoms with E-state index in [9.17, 15) is 4.79 Å². The van der Waals surface area contributed by atoms with Crippen molar-refractivity contribution in [1.29, 1.82) is 0 Å². The molecule has 1 aromatic heterocycles. The highest BCUT2D eigenvalue weighted by Crippen LogP contribution is 2.10. The second-order valence-electron chi connectivity index (χ2n) is 4.95. The maximum absolute atomic E-state index is 11.8. The van der Waals surface area contributed by atoms with E-state index in [0.29, 0.717) is 26.2 Å². The molecular formula is C16H24Cl2N4O2. The first kappa shape index (κ1) is 22.4. The molecule has 0 saturated heterocycles. The first-order valence-corrected chi connectivity index (χ1v) is 7.28. The topological polar surface area (TPSA) is 68.2 Å². The van der Waals surface area contributed by atoms with Gasteiger partial charge in [0.25, 0.3) is 0 Å². The highest BCUT2D eigenvalue weighted by atomic mass is 35.5. The van der Waals surface area contributed by atoms with E-state index in [0.717, 1.165) is 12.1 Å². The minimum atomic E-state index is -0.0199. The smallest absolute Gasteiger partial charge is 0.234 e. The molecule has 6 nitrogen and oxygen atoms in total. The normalized spacial score (nSPS) is 9.71. The van der Waals surface area contributed by atoms with E-state index in [1.54, 1.807) is 19.6 Å². The molecule has 24 heavy (non-hydrogen) atoms. The SMILES string of the molecule is COCCNCC(=O)NCc1ccccc1Cn1ccnc1.Cl.Cl. The minimum absolute atomic E-state index is 0. The Morgan fingerprint density at radius 2 is 2.00 bits per heavy atom. The summed E-state index contributed by atoms with van der Waals surface area (Å²) < 4.78 is 6.92. The molecule has 1 heterocycles. The number of aromatic nitrogens is 2. The van der Waals surface area contributed by atoms with Crippen LogP contribution in [0, 0.1) is 0 Å². The Bertz CT molecular complexity index is 579. The summed E-state index contributed by atoms with van der Waals surface area (Å²) in [6.45, 7) is 2.84. The molecule has 2 N–H and O–H groups in total. The van der Waals surface area contributed by atoms with Gasteiger partial charge in [-0.1, -0.05) is 24.3 Å². The summed E-state index contributed by atoms with van der Waals surface area (Å²) in [6, 6.07) is 8.09. The molecule has 134 valence electrons. The molecule has 2 rings (SSSR count). The monoisotopic (exact) mass is 374 g/mol. The minimum Gasteiger partial charge on any atom is -0.383 e. The van der Waals surface area contributed by atoms with Gasteiger partial charge in [0.05, 0.1) is 19.5 Å². The van der Waals surface area contributed by atoms with Gasteiger partial charge in [-0.2, -0.15) is 0 Å². The van der Waals surface area contributed by atoms with Gasteiger partial charge in [0, 0.05) is 39.1 Å². The number of rotatable bonds is 9. The first-order valence-electron chi connectivity index (χ1n) is 7.28. The Hall–Kier alpha value is -1.60. The molecule has 0 aliphatic heterocycles. The van der Waals surface area contributed by atoms with Crippen LogP contribution in [-0.4, -0.2) is 42.3 Å². The van der Waals surface area contributed by atoms with E-state index >= 15 is 0 Å². The fraction of sp³-hybridized carbons (Fsp3) is 0.375. The Morgan fingerprint density at radius 3 is 2.67 bits per heavy atom. The molecule has 0 unspecified atom stereocenters. The molecule has 0 radical (unpaired) electrons. The average Bonchev–Trinajstić information content (AvgIpc) is 3.04. The molecule has 0 atom stereocenters. The van der Waals surface area contributed by atoms with Gasteiger partial charge in [-0.25, -0.2) is 4.98 Å². The summed E-state index contributed by atoms with van der Waals surface area (Å²) in [6.07, 6.45) is 5.47. The van der Waals surface area contributed by atoms with Crippen molar-refractivity contribution in [2.75, 3.05) is 26.8 Å². The van der Waals surface area contributed by atoms with Crippen LogP contribution in [0.2, 0.25) is 0 Å². The zero-order valence-corrected chi connectivity index (χ0v) is 15.2. The fourth-order valence-electron chi connectivity index (χ4n) is 2.09. The zero-order chi connectivity index (χ0) is 15.6. The second kappa shape index (κ2) is 12.8. The quantitative estimate of drug-likeness (QED) is 0.654. The maximum atomic E-state index is 11.8. The van der Waals surface area contributed by atoms with Crippen molar-refractivity contribution in [2.24, 2.45) is 0 Å². The lowest BCUT2D eigenvalue weighted by Crippen LogP contribution is -2.35. The van der Waals surface area contributed by atoms with Crippen molar-refractivity contribution in [2.45, 2.75) is 13.1 Å². The Morgan fingerprint density at radius 1 is 1.25 bits per heavy atom. The summed E-state index contributed by atoms with van der Waals surface area (Å²) >= 11 is 0. The molecule has 0 bridgehead atoms. The molecule has 0 aliphatic rings. The van der Waals surface area contributed by atoms with E-state index in [-0.39, 0.29) is 30.7 Å². The van der Waals surface area contributed by atoms with Crippen molar-refractivity contribution in [1.82, 2.24) is 20.2 Å². The molecule has 8 heteroatoms. The van der Waals surface area contributed by atoms with Crippen LogP contribution in [0.4, 0.5) is 0 Å². The van der Waals surface area contributed by atoms with Crippen LogP contribution in [0.25, 0.3) is 0 Å². The number of imidazole rings is 1. The molecular weight excluding hydrogens is 351 g/mol. The number of nitrogens with zero attached hydrogens (tertiary/aromatic N) is 2. The van der Waals surface area contributed by atoms with Crippen molar-refractivity contribution >= 4 is 30.7 Å². The molecule has 0 spiro atoms. The van der Waals surface area contributed by atoms with Gasteiger partial charge in [-0.05, 0) is 11.1 Å². The number of carbonyl (C=O) groups excluding carboxylic acids is 1. The van der Waals surface area contributed by atoms with Crippen LogP contribution in [0.1, 0.15) is 11.1 Å². The third-order valence-corrected chi connectivity index (χ3v) is 3.28. The Kier molecular flexibility index (Phi) is 11.9. The van der Waals surface area contributed by atoms with Crippen LogP contribution in [0.5, 0.6) is 0 Å². The number of halogens is 2. The van der Waals surface area contributed by atoms with Crippen LogP contribution in [-0.2, 0) is 22.6 Å². The van der Waals surface area contributed by atoms with Gasteiger partial charge < -0.3 is 19.9 Å². The van der Waals surface area contributed by atoms with Gasteiger partial charge in [0.15, 0.2) is 0 Å². The summed E-state index contributed by atoms with van der Waals surface area (Å²) in [5, 5.41) is 5.95. The van der Waals surface area contributed by atoms with Gasteiger partial charge >= 0.3 is 0 Å². The van der Waals surface area contributed by atoms with Crippen molar-refractivity contribution in [3.8, 4) is 0 Å². The van der Waals surface area contributed by atoms with Crippen LogP contribution in [0.15, 0.2) is 43.0 Å². The molecule has 0 aliphatic carbocycles. The lowest BCUT2D eigenvalue weighted by atomic mass is 10.1. The maximum Gasteiger partial charge on any atom is 0.234 e. The molecule has 1 aromatic carbocycles. The van der Waals surface area contributed by atoms with Crippen LogP contribution in [0.3, 0.4) is 0 Å². The molecule has 2 aromatic rings. The predicted molar refractivity (Wildman–Crippen MR) is 98.9 cm³/mol. The van der Waals surface area contributed by atoms with E-state index in [1.165, 1.54) is 5.56 Å². The van der Waals surface area contributed by atoms with Crippen molar-refractivity contribution in [3.05, 3.63) is 54.1 Å². The summed E-state index contributed by atoms with van der Waals surface area (Å²) in [7, 11) is 1.64. The van der Waals surface area contributed by atoms with Gasteiger partial charge in [-0.15, -0.1) is 24.8 Å². The van der Waals surface area contributed by atoms with Crippen molar-refractivity contribution < 1.29 is 9.53 Å². The zero-order valence-electron chi connectivity index (χ0n) is 13.6.